The highest BCUT2D eigenvalue weighted by Gasteiger charge is 2.18. The lowest BCUT2D eigenvalue weighted by Crippen LogP contribution is -2.41. The molecule has 0 radical (unpaired) electrons. The number of H-pyrrole nitrogens is 1. The number of nitrogens with two attached hydrogens (primary N) is 1. The van der Waals surface area contributed by atoms with Crippen molar-refractivity contribution in [3.8, 4) is 0 Å². The van der Waals surface area contributed by atoms with Crippen LogP contribution in [-0.2, 0) is 4.74 Å². The predicted octanol–water partition coefficient (Wildman–Crippen LogP) is 1.70. The van der Waals surface area contributed by atoms with Crippen LogP contribution in [-0.4, -0.2) is 47.9 Å². The molecule has 1 aromatic heterocycles. The molecule has 0 amide bonds. The number of nitrogen functional groups attached to an aromatic ring is 1. The number of hydrogen-bond donors (Lipinski definition) is 3. The van der Waals surface area contributed by atoms with Gasteiger partial charge in [-0.15, -0.1) is 0 Å². The zero-order chi connectivity index (χ0) is 15.4. The van der Waals surface area contributed by atoms with Crippen molar-refractivity contribution in [2.75, 3.05) is 32.0 Å². The van der Waals surface area contributed by atoms with Crippen LogP contribution >= 0.6 is 0 Å². The maximum atomic E-state index is 8.25. The molecule has 22 heavy (non-hydrogen) atoms. The maximum absolute atomic E-state index is 8.25. The average Bonchev–Trinajstić information content (AvgIpc) is 3.08. The predicted molar refractivity (Wildman–Crippen MR) is 87.4 cm³/mol. The van der Waals surface area contributed by atoms with E-state index < -0.39 is 0 Å². The van der Waals surface area contributed by atoms with Gasteiger partial charge in [0.1, 0.15) is 0 Å². The maximum Gasteiger partial charge on any atom is 0.155 e. The Balaban J connectivity index is 1.90. The molecular formula is C16H19N5O. The molecule has 1 saturated heterocycles. The lowest BCUT2D eigenvalue weighted by Gasteiger charge is -2.29. The van der Waals surface area contributed by atoms with Crippen LogP contribution < -0.4 is 5.73 Å². The smallest absolute Gasteiger partial charge is 0.155 e. The fraction of sp³-hybridized carbons (Fsp3) is 0.250. The van der Waals surface area contributed by atoms with Crippen LogP contribution in [0.2, 0.25) is 0 Å². The Morgan fingerprint density at radius 2 is 1.91 bits per heavy atom. The summed E-state index contributed by atoms with van der Waals surface area (Å²) in [5, 5.41) is 8.25. The van der Waals surface area contributed by atoms with Crippen molar-refractivity contribution in [1.29, 1.82) is 5.41 Å². The van der Waals surface area contributed by atoms with Gasteiger partial charge in [-0.05, 0) is 36.4 Å². The summed E-state index contributed by atoms with van der Waals surface area (Å²) in [6.45, 7) is 2.89. The fourth-order valence-corrected chi connectivity index (χ4v) is 2.36. The van der Waals surface area contributed by atoms with Gasteiger partial charge in [-0.25, -0.2) is 4.99 Å². The third-order valence-electron chi connectivity index (χ3n) is 3.55. The van der Waals surface area contributed by atoms with Gasteiger partial charge in [0, 0.05) is 30.5 Å². The first-order valence-electron chi connectivity index (χ1n) is 7.23. The molecule has 1 aliphatic heterocycles. The molecule has 0 aliphatic carbocycles. The van der Waals surface area contributed by atoms with Crippen molar-refractivity contribution in [2.24, 2.45) is 4.99 Å². The summed E-state index contributed by atoms with van der Waals surface area (Å²) in [7, 11) is 0. The molecule has 0 bridgehead atoms. The van der Waals surface area contributed by atoms with E-state index in [-0.39, 0.29) is 5.84 Å². The summed E-state index contributed by atoms with van der Waals surface area (Å²) in [6, 6.07) is 11.1. The molecule has 0 atom stereocenters. The molecule has 6 nitrogen and oxygen atoms in total. The lowest BCUT2D eigenvalue weighted by molar-refractivity contribution is 0.0682. The molecule has 0 saturated carbocycles. The molecule has 2 heterocycles. The third kappa shape index (κ3) is 3.17. The summed E-state index contributed by atoms with van der Waals surface area (Å²) >= 11 is 0. The van der Waals surface area contributed by atoms with Crippen LogP contribution in [0.4, 0.5) is 5.69 Å². The van der Waals surface area contributed by atoms with Gasteiger partial charge in [0.05, 0.1) is 18.9 Å². The summed E-state index contributed by atoms with van der Waals surface area (Å²) in [4.78, 5) is 9.85. The number of morpholine rings is 1. The number of rotatable bonds is 2. The minimum atomic E-state index is 0.219. The highest BCUT2D eigenvalue weighted by Crippen LogP contribution is 2.11. The number of amidine groups is 2. The van der Waals surface area contributed by atoms with Crippen LogP contribution in [0.1, 0.15) is 11.3 Å². The standard InChI is InChI=1S/C16H19N5O/c17-13-5-3-12(4-6-13)15(18)20-16(14-2-1-7-19-14)21-8-10-22-11-9-21/h1-7,18-19H,8-11,17H2/b18-15?,20-16+. The fourth-order valence-electron chi connectivity index (χ4n) is 2.36. The van der Waals surface area contributed by atoms with E-state index in [4.69, 9.17) is 15.9 Å². The van der Waals surface area contributed by atoms with E-state index in [9.17, 15) is 0 Å². The van der Waals surface area contributed by atoms with Gasteiger partial charge in [0.25, 0.3) is 0 Å². The van der Waals surface area contributed by atoms with Crippen LogP contribution in [0.3, 0.4) is 0 Å². The highest BCUT2D eigenvalue weighted by atomic mass is 16.5. The summed E-state index contributed by atoms with van der Waals surface area (Å²) in [5.74, 6) is 0.992. The highest BCUT2D eigenvalue weighted by molar-refractivity contribution is 6.09. The van der Waals surface area contributed by atoms with Crippen LogP contribution in [0.5, 0.6) is 0 Å². The molecule has 1 aromatic carbocycles. The van der Waals surface area contributed by atoms with E-state index in [0.29, 0.717) is 18.9 Å². The van der Waals surface area contributed by atoms with Crippen molar-refractivity contribution >= 4 is 17.4 Å². The van der Waals surface area contributed by atoms with Gasteiger partial charge >= 0.3 is 0 Å². The first-order valence-corrected chi connectivity index (χ1v) is 7.23. The number of aliphatic imine (C=N–C) groups is 1. The number of nitrogens with one attached hydrogen (secondary N) is 2. The first-order chi connectivity index (χ1) is 10.7. The number of benzene rings is 1. The number of hydrogen-bond acceptors (Lipinski definition) is 3. The molecule has 114 valence electrons. The number of aromatic nitrogens is 1. The largest absolute Gasteiger partial charge is 0.399 e. The van der Waals surface area contributed by atoms with E-state index in [0.717, 1.165) is 30.2 Å². The van der Waals surface area contributed by atoms with Gasteiger partial charge in [0.15, 0.2) is 11.7 Å². The first kappa shape index (κ1) is 14.3. The second-order valence-electron chi connectivity index (χ2n) is 5.09. The second kappa shape index (κ2) is 6.44. The van der Waals surface area contributed by atoms with Gasteiger partial charge in [-0.1, -0.05) is 0 Å². The average molecular weight is 297 g/mol. The second-order valence-corrected chi connectivity index (χ2v) is 5.09. The Labute approximate surface area is 129 Å². The van der Waals surface area contributed by atoms with Crippen molar-refractivity contribution in [2.45, 2.75) is 0 Å². The minimum absolute atomic E-state index is 0.219. The number of nitrogens with zero attached hydrogens (tertiary/aromatic N) is 2. The Morgan fingerprint density at radius 3 is 2.55 bits per heavy atom. The van der Waals surface area contributed by atoms with E-state index in [1.807, 2.05) is 30.5 Å². The number of aromatic amines is 1. The quantitative estimate of drug-likeness (QED) is 0.447. The topological polar surface area (TPSA) is 90.5 Å². The SMILES string of the molecule is N=C(/N=C(\c1ccc[nH]1)N1CCOCC1)c1ccc(N)cc1. The molecule has 0 unspecified atom stereocenters. The zero-order valence-electron chi connectivity index (χ0n) is 12.2. The van der Waals surface area contributed by atoms with E-state index in [1.54, 1.807) is 12.1 Å². The van der Waals surface area contributed by atoms with Crippen LogP contribution in [0.25, 0.3) is 0 Å². The molecule has 1 aliphatic rings. The molecule has 1 fully saturated rings. The van der Waals surface area contributed by atoms with Gasteiger partial charge in [0.2, 0.25) is 0 Å². The monoisotopic (exact) mass is 297 g/mol. The molecular weight excluding hydrogens is 278 g/mol. The van der Waals surface area contributed by atoms with Crippen molar-refractivity contribution in [3.05, 3.63) is 53.9 Å². The van der Waals surface area contributed by atoms with Gasteiger partial charge in [-0.3, -0.25) is 5.41 Å². The Bertz CT molecular complexity index is 654. The Kier molecular flexibility index (Phi) is 4.20. The number of ether oxygens (including phenoxy) is 1. The summed E-state index contributed by atoms with van der Waals surface area (Å²) in [5.41, 5.74) is 8.01. The molecule has 4 N–H and O–H groups in total. The third-order valence-corrected chi connectivity index (χ3v) is 3.55. The van der Waals surface area contributed by atoms with Crippen molar-refractivity contribution in [3.63, 3.8) is 0 Å². The van der Waals surface area contributed by atoms with Gasteiger partial charge in [-0.2, -0.15) is 0 Å². The summed E-state index contributed by atoms with van der Waals surface area (Å²) in [6.07, 6.45) is 1.86. The van der Waals surface area contributed by atoms with Crippen LogP contribution in [0, 0.1) is 5.41 Å². The Hall–Kier alpha value is -2.60. The Morgan fingerprint density at radius 1 is 1.18 bits per heavy atom. The number of anilines is 1. The summed E-state index contributed by atoms with van der Waals surface area (Å²) < 4.78 is 5.40. The van der Waals surface area contributed by atoms with Gasteiger partial charge < -0.3 is 20.4 Å². The molecule has 0 spiro atoms. The van der Waals surface area contributed by atoms with E-state index in [1.165, 1.54) is 0 Å². The molecule has 3 rings (SSSR count). The van der Waals surface area contributed by atoms with Crippen molar-refractivity contribution < 1.29 is 4.74 Å². The normalized spacial score (nSPS) is 15.8. The lowest BCUT2D eigenvalue weighted by atomic mass is 10.2. The minimum Gasteiger partial charge on any atom is -0.399 e. The zero-order valence-corrected chi connectivity index (χ0v) is 12.2. The van der Waals surface area contributed by atoms with Crippen LogP contribution in [0.15, 0.2) is 47.6 Å². The molecule has 2 aromatic rings. The molecule has 6 heteroatoms. The van der Waals surface area contributed by atoms with E-state index in [2.05, 4.69) is 14.9 Å². The van der Waals surface area contributed by atoms with E-state index >= 15 is 0 Å². The van der Waals surface area contributed by atoms with Crippen molar-refractivity contribution in [1.82, 2.24) is 9.88 Å².